The molecule has 1 unspecified atom stereocenters. The van der Waals surface area contributed by atoms with Crippen molar-refractivity contribution in [3.8, 4) is 23.0 Å². The number of anilines is 5. The van der Waals surface area contributed by atoms with E-state index in [4.69, 9.17) is 14.2 Å². The van der Waals surface area contributed by atoms with Crippen LogP contribution >= 0.6 is 8.03 Å². The van der Waals surface area contributed by atoms with E-state index >= 15 is 0 Å². The van der Waals surface area contributed by atoms with Crippen LogP contribution in [0.3, 0.4) is 0 Å². The van der Waals surface area contributed by atoms with Gasteiger partial charge in [-0.15, -0.1) is 0 Å². The van der Waals surface area contributed by atoms with E-state index in [9.17, 15) is 22.7 Å². The van der Waals surface area contributed by atoms with Crippen molar-refractivity contribution < 1.29 is 36.9 Å². The van der Waals surface area contributed by atoms with E-state index in [0.29, 0.717) is 34.1 Å². The minimum Gasteiger partial charge on any atom is -0.496 e. The Bertz CT molecular complexity index is 2210. The maximum atomic E-state index is 13.4. The molecule has 5 rings (SSSR count). The second-order valence-corrected chi connectivity index (χ2v) is 15.2. The molecule has 0 aliphatic heterocycles. The summed E-state index contributed by atoms with van der Waals surface area (Å²) in [5.74, 6) is 1.93. The van der Waals surface area contributed by atoms with Crippen molar-refractivity contribution in [2.45, 2.75) is 26.2 Å². The predicted molar refractivity (Wildman–Crippen MR) is 198 cm³/mol. The third-order valence-corrected chi connectivity index (χ3v) is 8.96. The van der Waals surface area contributed by atoms with Gasteiger partial charge in [0.25, 0.3) is 0 Å². The topological polar surface area (TPSA) is 177 Å². The minimum absolute atomic E-state index is 0.164. The summed E-state index contributed by atoms with van der Waals surface area (Å²) >= 11 is 0. The minimum atomic E-state index is -3.64. The van der Waals surface area contributed by atoms with Crippen molar-refractivity contribution in [3.05, 3.63) is 90.6 Å². The van der Waals surface area contributed by atoms with E-state index in [-0.39, 0.29) is 33.6 Å². The fourth-order valence-electron chi connectivity index (χ4n) is 5.16. The molecule has 0 aliphatic rings. The van der Waals surface area contributed by atoms with Crippen molar-refractivity contribution in [2.75, 3.05) is 41.1 Å². The fraction of sp³-hybridized carbons (Fsp3) is 0.200. The monoisotopic (exact) mass is 719 g/mol. The number of nitrogens with one attached hydrogen (secondary N) is 4. The standard InChI is InChI=1S/C35H38N5O8PS/c1-35(2,3)21-17-27(33(47-5)28(18-21)40-50(6,44)45)39-34(41)38-26-12-13-29(25-10-8-7-9-24(25)26)48-23-15-16-36-32(20-23)37-22-11-14-31(49(42)43)30(19-22)46-4/h7-20,40,49H,1-6H3,(H,36,37)(H,42,43)(H2,38,39,41). The Balaban J connectivity index is 1.39. The van der Waals surface area contributed by atoms with Gasteiger partial charge in [0.2, 0.25) is 18.1 Å². The van der Waals surface area contributed by atoms with Crippen LogP contribution in [0.4, 0.5) is 33.4 Å². The molecule has 0 saturated carbocycles. The van der Waals surface area contributed by atoms with Gasteiger partial charge < -0.3 is 35.1 Å². The zero-order chi connectivity index (χ0) is 36.2. The highest BCUT2D eigenvalue weighted by molar-refractivity contribution is 7.92. The first-order valence-electron chi connectivity index (χ1n) is 15.3. The largest absolute Gasteiger partial charge is 0.496 e. The van der Waals surface area contributed by atoms with Gasteiger partial charge in [-0.2, -0.15) is 0 Å². The Morgan fingerprint density at radius 2 is 1.54 bits per heavy atom. The lowest BCUT2D eigenvalue weighted by atomic mass is 9.86. The van der Waals surface area contributed by atoms with E-state index in [1.54, 1.807) is 54.7 Å². The third kappa shape index (κ3) is 8.64. The first kappa shape index (κ1) is 36.0. The highest BCUT2D eigenvalue weighted by atomic mass is 32.2. The fourth-order valence-corrected chi connectivity index (χ4v) is 6.32. The number of ether oxygens (including phenoxy) is 3. The van der Waals surface area contributed by atoms with Crippen molar-refractivity contribution >= 4 is 68.7 Å². The molecule has 0 bridgehead atoms. The molecular weight excluding hydrogens is 681 g/mol. The molecule has 0 spiro atoms. The van der Waals surface area contributed by atoms with Gasteiger partial charge in [0.1, 0.15) is 23.1 Å². The normalized spacial score (nSPS) is 12.1. The number of pyridine rings is 1. The number of fused-ring (bicyclic) bond motifs is 1. The number of carbonyl (C=O) groups is 1. The number of aromatic nitrogens is 1. The number of nitrogens with zero attached hydrogens (tertiary/aromatic N) is 1. The van der Waals surface area contributed by atoms with Crippen LogP contribution in [0.1, 0.15) is 26.3 Å². The summed E-state index contributed by atoms with van der Waals surface area (Å²) in [7, 11) is -3.75. The average molecular weight is 720 g/mol. The van der Waals surface area contributed by atoms with Crippen molar-refractivity contribution in [1.82, 2.24) is 4.98 Å². The average Bonchev–Trinajstić information content (AvgIpc) is 3.04. The maximum absolute atomic E-state index is 13.4. The van der Waals surface area contributed by atoms with Gasteiger partial charge in [-0.3, -0.25) is 9.29 Å². The lowest BCUT2D eigenvalue weighted by Gasteiger charge is -2.24. The highest BCUT2D eigenvalue weighted by Crippen LogP contribution is 2.40. The van der Waals surface area contributed by atoms with E-state index in [1.807, 2.05) is 45.0 Å². The van der Waals surface area contributed by atoms with Crippen molar-refractivity contribution in [3.63, 3.8) is 0 Å². The summed E-state index contributed by atoms with van der Waals surface area (Å²) in [6, 6.07) is 21.9. The predicted octanol–water partition coefficient (Wildman–Crippen LogP) is 7.19. The number of rotatable bonds is 11. The molecule has 0 saturated heterocycles. The van der Waals surface area contributed by atoms with E-state index < -0.39 is 24.1 Å². The molecule has 2 amide bonds. The van der Waals surface area contributed by atoms with Crippen LogP contribution < -0.4 is 40.2 Å². The Labute approximate surface area is 290 Å². The molecule has 1 heterocycles. The van der Waals surface area contributed by atoms with Crippen LogP contribution in [0.5, 0.6) is 23.0 Å². The number of sulfonamides is 1. The van der Waals surface area contributed by atoms with Gasteiger partial charge in [-0.05, 0) is 53.4 Å². The zero-order valence-corrected chi connectivity index (χ0v) is 30.1. The quantitative estimate of drug-likeness (QED) is 0.0878. The Kier molecular flexibility index (Phi) is 10.6. The Hall–Kier alpha value is -5.30. The summed E-state index contributed by atoms with van der Waals surface area (Å²) in [4.78, 5) is 27.3. The van der Waals surface area contributed by atoms with Gasteiger partial charge in [-0.1, -0.05) is 45.0 Å². The Morgan fingerprint density at radius 1 is 0.840 bits per heavy atom. The Morgan fingerprint density at radius 3 is 2.20 bits per heavy atom. The van der Waals surface area contributed by atoms with Gasteiger partial charge in [0, 0.05) is 34.8 Å². The van der Waals surface area contributed by atoms with Crippen LogP contribution in [0.15, 0.2) is 85.1 Å². The van der Waals surface area contributed by atoms with E-state index in [0.717, 1.165) is 17.2 Å². The van der Waals surface area contributed by atoms with Gasteiger partial charge in [-0.25, -0.2) is 18.2 Å². The van der Waals surface area contributed by atoms with E-state index in [2.05, 4.69) is 25.7 Å². The van der Waals surface area contributed by atoms with Crippen LogP contribution in [-0.4, -0.2) is 44.8 Å². The molecule has 15 heteroatoms. The second kappa shape index (κ2) is 14.7. The van der Waals surface area contributed by atoms with Gasteiger partial charge in [0.15, 0.2) is 5.75 Å². The molecule has 0 radical (unpaired) electrons. The molecule has 0 aliphatic carbocycles. The van der Waals surface area contributed by atoms with Crippen LogP contribution in [0, 0.1) is 0 Å². The van der Waals surface area contributed by atoms with Crippen molar-refractivity contribution in [2.24, 2.45) is 0 Å². The zero-order valence-electron chi connectivity index (χ0n) is 28.2. The molecule has 5 aromatic rings. The number of benzene rings is 4. The van der Waals surface area contributed by atoms with Gasteiger partial charge in [0.05, 0.1) is 42.8 Å². The highest BCUT2D eigenvalue weighted by Gasteiger charge is 2.22. The first-order valence-corrected chi connectivity index (χ1v) is 18.5. The number of hydrogen-bond acceptors (Lipinski definition) is 9. The molecule has 1 atom stereocenters. The third-order valence-electron chi connectivity index (χ3n) is 7.50. The smallest absolute Gasteiger partial charge is 0.323 e. The molecule has 13 nitrogen and oxygen atoms in total. The van der Waals surface area contributed by atoms with Crippen molar-refractivity contribution in [1.29, 1.82) is 0 Å². The van der Waals surface area contributed by atoms with Gasteiger partial charge >= 0.3 is 6.03 Å². The maximum Gasteiger partial charge on any atom is 0.323 e. The lowest BCUT2D eigenvalue weighted by molar-refractivity contribution is 0.262. The number of hydrogen-bond donors (Lipinski definition) is 5. The number of carbonyl (C=O) groups excluding carboxylic acids is 1. The molecule has 0 fully saturated rings. The summed E-state index contributed by atoms with van der Waals surface area (Å²) in [5.41, 5.74) is 2.01. The first-order chi connectivity index (χ1) is 23.6. The lowest BCUT2D eigenvalue weighted by Crippen LogP contribution is -2.22. The van der Waals surface area contributed by atoms with Crippen LogP contribution in [0.2, 0.25) is 0 Å². The van der Waals surface area contributed by atoms with E-state index in [1.165, 1.54) is 20.3 Å². The second-order valence-electron chi connectivity index (χ2n) is 12.3. The molecular formula is C35H38N5O8PS. The molecule has 1 aromatic heterocycles. The number of urea groups is 1. The van der Waals surface area contributed by atoms with Crippen LogP contribution in [0.25, 0.3) is 10.8 Å². The summed E-state index contributed by atoms with van der Waals surface area (Å²) in [6.07, 6.45) is 2.63. The summed E-state index contributed by atoms with van der Waals surface area (Å²) in [5, 5.41) is 10.5. The summed E-state index contributed by atoms with van der Waals surface area (Å²) < 4.78 is 55.4. The van der Waals surface area contributed by atoms with Crippen LogP contribution in [-0.2, 0) is 20.0 Å². The molecule has 262 valence electrons. The number of amides is 2. The molecule has 5 N–H and O–H groups in total. The number of methoxy groups -OCH3 is 2. The SMILES string of the molecule is COc1cc(Nc2cc(Oc3ccc(NC(=O)Nc4cc(C(C)(C)C)cc(NS(C)(=O)=O)c4OC)c4ccccc34)ccn2)ccc1[PH](=O)O. The molecule has 4 aromatic carbocycles. The summed E-state index contributed by atoms with van der Waals surface area (Å²) in [6.45, 7) is 5.92. The molecule has 50 heavy (non-hydrogen) atoms.